The first-order valence-corrected chi connectivity index (χ1v) is 8.66. The molecule has 3 rings (SSSR count). The molecule has 2 aromatic rings. The van der Waals surface area contributed by atoms with Crippen molar-refractivity contribution in [2.75, 3.05) is 50.1 Å². The normalized spacial score (nSPS) is 15.0. The average Bonchev–Trinajstić information content (AvgIpc) is 2.87. The Bertz CT molecular complexity index is 746. The van der Waals surface area contributed by atoms with E-state index in [0.29, 0.717) is 12.5 Å². The van der Waals surface area contributed by atoms with Crippen molar-refractivity contribution in [3.63, 3.8) is 0 Å². The van der Waals surface area contributed by atoms with Gasteiger partial charge in [0.2, 0.25) is 5.95 Å². The van der Waals surface area contributed by atoms with E-state index in [4.69, 9.17) is 0 Å². The van der Waals surface area contributed by atoms with Crippen molar-refractivity contribution in [3.8, 4) is 0 Å². The van der Waals surface area contributed by atoms with Gasteiger partial charge in [0.15, 0.2) is 0 Å². The van der Waals surface area contributed by atoms with Crippen molar-refractivity contribution in [2.24, 2.45) is 0 Å². The van der Waals surface area contributed by atoms with Gasteiger partial charge < -0.3 is 14.7 Å². The standard InChI is InChI=1S/C19H25N5O/c1-15-6-4-7-16(14-15)18(25)24-11-5-10-23(12-13-24)17-8-9-20-19(21-17)22(2)3/h4,6-9,14H,5,10-13H2,1-3H3. The van der Waals surface area contributed by atoms with Gasteiger partial charge in [-0.2, -0.15) is 4.98 Å². The van der Waals surface area contributed by atoms with E-state index >= 15 is 0 Å². The lowest BCUT2D eigenvalue weighted by Gasteiger charge is -2.23. The molecule has 132 valence electrons. The van der Waals surface area contributed by atoms with Gasteiger partial charge in [0, 0.05) is 52.0 Å². The summed E-state index contributed by atoms with van der Waals surface area (Å²) in [6, 6.07) is 9.74. The second kappa shape index (κ2) is 7.51. The van der Waals surface area contributed by atoms with Crippen LogP contribution in [0.15, 0.2) is 36.5 Å². The summed E-state index contributed by atoms with van der Waals surface area (Å²) in [7, 11) is 3.87. The first-order valence-electron chi connectivity index (χ1n) is 8.66. The highest BCUT2D eigenvalue weighted by molar-refractivity contribution is 5.94. The SMILES string of the molecule is Cc1cccc(C(=O)N2CCCN(c3ccnc(N(C)C)n3)CC2)c1. The van der Waals surface area contributed by atoms with Crippen LogP contribution in [0, 0.1) is 6.92 Å². The van der Waals surface area contributed by atoms with Crippen LogP contribution in [0.3, 0.4) is 0 Å². The first-order chi connectivity index (χ1) is 12.0. The Morgan fingerprint density at radius 2 is 1.96 bits per heavy atom. The molecule has 1 amide bonds. The zero-order chi connectivity index (χ0) is 17.8. The quantitative estimate of drug-likeness (QED) is 0.858. The van der Waals surface area contributed by atoms with Crippen molar-refractivity contribution < 1.29 is 4.79 Å². The summed E-state index contributed by atoms with van der Waals surface area (Å²) in [6.45, 7) is 5.16. The fraction of sp³-hybridized carbons (Fsp3) is 0.421. The van der Waals surface area contributed by atoms with Crippen LogP contribution in [-0.2, 0) is 0 Å². The van der Waals surface area contributed by atoms with Gasteiger partial charge in [-0.05, 0) is 31.5 Å². The monoisotopic (exact) mass is 339 g/mol. The molecular formula is C19H25N5O. The van der Waals surface area contributed by atoms with Crippen LogP contribution in [-0.4, -0.2) is 61.0 Å². The minimum atomic E-state index is 0.113. The Labute approximate surface area is 149 Å². The molecule has 1 fully saturated rings. The van der Waals surface area contributed by atoms with E-state index < -0.39 is 0 Å². The maximum Gasteiger partial charge on any atom is 0.253 e. The Hall–Kier alpha value is -2.63. The van der Waals surface area contributed by atoms with Crippen molar-refractivity contribution in [1.82, 2.24) is 14.9 Å². The molecule has 1 aliphatic rings. The summed E-state index contributed by atoms with van der Waals surface area (Å²) in [4.78, 5) is 27.7. The number of hydrogen-bond acceptors (Lipinski definition) is 5. The summed E-state index contributed by atoms with van der Waals surface area (Å²) in [5.41, 5.74) is 1.88. The number of amides is 1. The van der Waals surface area contributed by atoms with Crippen LogP contribution in [0.4, 0.5) is 11.8 Å². The number of rotatable bonds is 3. The first kappa shape index (κ1) is 17.2. The molecule has 0 spiro atoms. The lowest BCUT2D eigenvalue weighted by Crippen LogP contribution is -2.35. The van der Waals surface area contributed by atoms with E-state index in [1.54, 1.807) is 6.20 Å². The fourth-order valence-corrected chi connectivity index (χ4v) is 3.04. The molecule has 1 aliphatic heterocycles. The predicted molar refractivity (Wildman–Crippen MR) is 100 cm³/mol. The topological polar surface area (TPSA) is 52.6 Å². The minimum Gasteiger partial charge on any atom is -0.355 e. The number of aromatic nitrogens is 2. The van der Waals surface area contributed by atoms with Gasteiger partial charge in [-0.15, -0.1) is 0 Å². The van der Waals surface area contributed by atoms with E-state index in [9.17, 15) is 4.79 Å². The van der Waals surface area contributed by atoms with E-state index in [1.807, 2.05) is 61.2 Å². The minimum absolute atomic E-state index is 0.113. The van der Waals surface area contributed by atoms with E-state index in [2.05, 4.69) is 14.9 Å². The molecule has 0 unspecified atom stereocenters. The molecule has 0 saturated carbocycles. The Balaban J connectivity index is 1.70. The molecule has 6 nitrogen and oxygen atoms in total. The highest BCUT2D eigenvalue weighted by Crippen LogP contribution is 2.17. The Morgan fingerprint density at radius 1 is 1.12 bits per heavy atom. The van der Waals surface area contributed by atoms with Gasteiger partial charge in [-0.1, -0.05) is 17.7 Å². The smallest absolute Gasteiger partial charge is 0.253 e. The highest BCUT2D eigenvalue weighted by Gasteiger charge is 2.21. The van der Waals surface area contributed by atoms with E-state index in [1.165, 1.54) is 0 Å². The fourth-order valence-electron chi connectivity index (χ4n) is 3.04. The molecule has 2 heterocycles. The number of aryl methyl sites for hydroxylation is 1. The molecule has 0 bridgehead atoms. The van der Waals surface area contributed by atoms with Crippen molar-refractivity contribution in [2.45, 2.75) is 13.3 Å². The largest absolute Gasteiger partial charge is 0.355 e. The van der Waals surface area contributed by atoms with Gasteiger partial charge in [-0.25, -0.2) is 4.98 Å². The maximum absolute atomic E-state index is 12.8. The van der Waals surface area contributed by atoms with Crippen molar-refractivity contribution in [3.05, 3.63) is 47.7 Å². The van der Waals surface area contributed by atoms with Gasteiger partial charge in [0.1, 0.15) is 5.82 Å². The second-order valence-corrected chi connectivity index (χ2v) is 6.61. The van der Waals surface area contributed by atoms with Crippen LogP contribution in [0.5, 0.6) is 0 Å². The van der Waals surface area contributed by atoms with Crippen molar-refractivity contribution in [1.29, 1.82) is 0 Å². The van der Waals surface area contributed by atoms with Crippen molar-refractivity contribution >= 4 is 17.7 Å². The summed E-state index contributed by atoms with van der Waals surface area (Å²) < 4.78 is 0. The zero-order valence-corrected chi connectivity index (χ0v) is 15.1. The van der Waals surface area contributed by atoms with Gasteiger partial charge >= 0.3 is 0 Å². The van der Waals surface area contributed by atoms with Gasteiger partial charge in [0.05, 0.1) is 0 Å². The van der Waals surface area contributed by atoms with Gasteiger partial charge in [0.25, 0.3) is 5.91 Å². The summed E-state index contributed by atoms with van der Waals surface area (Å²) in [5, 5.41) is 0. The summed E-state index contributed by atoms with van der Waals surface area (Å²) >= 11 is 0. The lowest BCUT2D eigenvalue weighted by molar-refractivity contribution is 0.0767. The molecule has 1 aromatic carbocycles. The number of anilines is 2. The lowest BCUT2D eigenvalue weighted by atomic mass is 10.1. The average molecular weight is 339 g/mol. The van der Waals surface area contributed by atoms with Crippen LogP contribution in [0.1, 0.15) is 22.3 Å². The third kappa shape index (κ3) is 4.07. The molecule has 25 heavy (non-hydrogen) atoms. The summed E-state index contributed by atoms with van der Waals surface area (Å²) in [5.74, 6) is 1.74. The Morgan fingerprint density at radius 3 is 2.72 bits per heavy atom. The molecular weight excluding hydrogens is 314 g/mol. The predicted octanol–water partition coefficient (Wildman–Crippen LogP) is 2.20. The maximum atomic E-state index is 12.8. The molecule has 6 heteroatoms. The van der Waals surface area contributed by atoms with Gasteiger partial charge in [-0.3, -0.25) is 4.79 Å². The van der Waals surface area contributed by atoms with Crippen LogP contribution in [0.25, 0.3) is 0 Å². The summed E-state index contributed by atoms with van der Waals surface area (Å²) in [6.07, 6.45) is 2.72. The number of carbonyl (C=O) groups is 1. The van der Waals surface area contributed by atoms with E-state index in [-0.39, 0.29) is 5.91 Å². The van der Waals surface area contributed by atoms with E-state index in [0.717, 1.165) is 43.0 Å². The molecule has 1 saturated heterocycles. The van der Waals surface area contributed by atoms with Crippen LogP contribution >= 0.6 is 0 Å². The number of nitrogens with zero attached hydrogens (tertiary/aromatic N) is 5. The number of carbonyl (C=O) groups excluding carboxylic acids is 1. The zero-order valence-electron chi connectivity index (χ0n) is 15.1. The molecule has 0 radical (unpaired) electrons. The molecule has 0 atom stereocenters. The van der Waals surface area contributed by atoms with Crippen LogP contribution < -0.4 is 9.80 Å². The number of hydrogen-bond donors (Lipinski definition) is 0. The second-order valence-electron chi connectivity index (χ2n) is 6.61. The third-order valence-corrected chi connectivity index (χ3v) is 4.40. The van der Waals surface area contributed by atoms with Crippen LogP contribution in [0.2, 0.25) is 0 Å². The Kier molecular flexibility index (Phi) is 5.16. The third-order valence-electron chi connectivity index (χ3n) is 4.40. The molecule has 0 N–H and O–H groups in total. The molecule has 1 aromatic heterocycles. The number of benzene rings is 1. The molecule has 0 aliphatic carbocycles. The highest BCUT2D eigenvalue weighted by atomic mass is 16.2.